The molecule has 4 N–H and O–H groups in total. The molecule has 2 amide bonds. The Morgan fingerprint density at radius 2 is 2.08 bits per heavy atom. The number of amides is 2. The fourth-order valence-electron chi connectivity index (χ4n) is 3.00. The van der Waals surface area contributed by atoms with Gasteiger partial charge in [0, 0.05) is 37.6 Å². The monoisotopic (exact) mass is 341 g/mol. The lowest BCUT2D eigenvalue weighted by atomic mass is 10.1. The predicted octanol–water partition coefficient (Wildman–Crippen LogP) is 1.29. The lowest BCUT2D eigenvalue weighted by molar-refractivity contribution is 0.0646. The number of carbonyl (C=O) groups excluding carboxylic acids is 2. The molecular weight excluding hydrogens is 322 g/mol. The van der Waals surface area contributed by atoms with Crippen LogP contribution in [0.4, 0.5) is 17.2 Å². The summed E-state index contributed by atoms with van der Waals surface area (Å²) in [6.45, 7) is 1.91. The van der Waals surface area contributed by atoms with Crippen LogP contribution < -0.4 is 20.7 Å². The minimum Gasteiger partial charge on any atom is -0.469 e. The third-order valence-corrected chi connectivity index (χ3v) is 4.57. The second-order valence-electron chi connectivity index (χ2n) is 6.09. The topological polar surface area (TPSA) is 104 Å². The van der Waals surface area contributed by atoms with Crippen LogP contribution >= 0.6 is 0 Å². The van der Waals surface area contributed by atoms with Gasteiger partial charge in [0.2, 0.25) is 0 Å². The Kier molecular flexibility index (Phi) is 3.52. The Bertz CT molecular complexity index is 856. The number of likely N-dealkylation sites (tertiary alicyclic amines) is 1. The molecule has 2 aliphatic rings. The van der Waals surface area contributed by atoms with Crippen LogP contribution in [0.3, 0.4) is 0 Å². The van der Waals surface area contributed by atoms with Gasteiger partial charge >= 0.3 is 0 Å². The Labute approximate surface area is 144 Å². The molecule has 8 nitrogen and oxygen atoms in total. The van der Waals surface area contributed by atoms with E-state index >= 15 is 0 Å². The quantitative estimate of drug-likeness (QED) is 0.730. The minimum absolute atomic E-state index is 0.0151. The molecule has 2 aliphatic heterocycles. The third kappa shape index (κ3) is 2.46. The first-order valence-corrected chi connectivity index (χ1v) is 8.12. The first-order chi connectivity index (χ1) is 12.1. The van der Waals surface area contributed by atoms with Gasteiger partial charge in [0.05, 0.1) is 5.56 Å². The molecule has 0 spiro atoms. The number of nitrogen functional groups attached to an aromatic ring is 1. The van der Waals surface area contributed by atoms with Crippen molar-refractivity contribution in [3.63, 3.8) is 0 Å². The van der Waals surface area contributed by atoms with Crippen LogP contribution in [0.1, 0.15) is 27.3 Å². The Morgan fingerprint density at radius 3 is 2.72 bits per heavy atom. The molecule has 25 heavy (non-hydrogen) atoms. The summed E-state index contributed by atoms with van der Waals surface area (Å²) in [5.41, 5.74) is 8.11. The molecule has 0 aliphatic carbocycles. The molecule has 4 rings (SSSR count). The summed E-state index contributed by atoms with van der Waals surface area (Å²) in [6.07, 6.45) is 1.05. The van der Waals surface area contributed by atoms with Gasteiger partial charge in [-0.15, -0.1) is 0 Å². The first kappa shape index (κ1) is 15.4. The van der Waals surface area contributed by atoms with E-state index in [2.05, 4.69) is 10.3 Å². The highest BCUT2D eigenvalue weighted by atomic mass is 16.5. The zero-order chi connectivity index (χ0) is 17.6. The highest BCUT2D eigenvalue weighted by Gasteiger charge is 2.30. The Hall–Kier alpha value is -3.16. The number of carbonyl (C=O) groups is 2. The van der Waals surface area contributed by atoms with Crippen LogP contribution in [-0.4, -0.2) is 48.6 Å². The van der Waals surface area contributed by atoms with Crippen molar-refractivity contribution in [2.75, 3.05) is 37.5 Å². The van der Waals surface area contributed by atoms with Gasteiger partial charge in [-0.25, -0.2) is 0 Å². The Morgan fingerprint density at radius 1 is 1.28 bits per heavy atom. The summed E-state index contributed by atoms with van der Waals surface area (Å²) < 4.78 is 5.67. The van der Waals surface area contributed by atoms with Crippen molar-refractivity contribution in [3.05, 3.63) is 35.5 Å². The first-order valence-electron chi connectivity index (χ1n) is 8.12. The van der Waals surface area contributed by atoms with Crippen molar-refractivity contribution in [3.8, 4) is 5.75 Å². The van der Waals surface area contributed by atoms with Crippen LogP contribution in [0.15, 0.2) is 24.3 Å². The smallest absolute Gasteiger partial charge is 0.270 e. The van der Waals surface area contributed by atoms with Crippen molar-refractivity contribution >= 4 is 29.0 Å². The van der Waals surface area contributed by atoms with Gasteiger partial charge in [0.25, 0.3) is 11.8 Å². The number of hydrogen-bond acceptors (Lipinski definition) is 5. The fraction of sp³-hybridized carbons (Fsp3) is 0.294. The molecule has 0 bridgehead atoms. The number of benzene rings is 1. The maximum atomic E-state index is 12.3. The summed E-state index contributed by atoms with van der Waals surface area (Å²) in [5, 5.41) is 2.56. The van der Waals surface area contributed by atoms with E-state index < -0.39 is 0 Å². The second-order valence-corrected chi connectivity index (χ2v) is 6.09. The molecule has 2 aromatic rings. The second kappa shape index (κ2) is 5.73. The number of rotatable bonds is 3. The standard InChI is InChI=1S/C17H19N5O3/c1-19-16(23)11-4-3-10(7-12(11)18)22-9-25-14-8-13(20-15(14)22)17(24)21-5-2-6-21/h3-4,7-8,20H,2,5-6,9,18H2,1H3,(H,19,23). The maximum absolute atomic E-state index is 12.3. The molecule has 0 saturated carbocycles. The van der Waals surface area contributed by atoms with Crippen molar-refractivity contribution < 1.29 is 14.3 Å². The summed E-state index contributed by atoms with van der Waals surface area (Å²) >= 11 is 0. The third-order valence-electron chi connectivity index (χ3n) is 4.57. The van der Waals surface area contributed by atoms with Crippen LogP contribution in [0.2, 0.25) is 0 Å². The van der Waals surface area contributed by atoms with Gasteiger partial charge in [-0.3, -0.25) is 14.5 Å². The van der Waals surface area contributed by atoms with Crippen LogP contribution in [0.25, 0.3) is 0 Å². The largest absolute Gasteiger partial charge is 0.469 e. The Balaban J connectivity index is 1.62. The van der Waals surface area contributed by atoms with E-state index in [4.69, 9.17) is 10.5 Å². The molecule has 0 unspecified atom stereocenters. The van der Waals surface area contributed by atoms with Crippen molar-refractivity contribution in [2.45, 2.75) is 6.42 Å². The average molecular weight is 341 g/mol. The summed E-state index contributed by atoms with van der Waals surface area (Å²) in [6, 6.07) is 6.94. The van der Waals surface area contributed by atoms with Crippen LogP contribution in [0.5, 0.6) is 5.75 Å². The SMILES string of the molecule is CNC(=O)c1ccc(N2COc3cc(C(=O)N4CCC4)[nH]c32)cc1N. The molecule has 3 heterocycles. The van der Waals surface area contributed by atoms with Gasteiger partial charge < -0.3 is 25.7 Å². The minimum atomic E-state index is -0.232. The molecule has 0 atom stereocenters. The summed E-state index contributed by atoms with van der Waals surface area (Å²) in [4.78, 5) is 30.9. The van der Waals surface area contributed by atoms with E-state index in [-0.39, 0.29) is 11.8 Å². The fourth-order valence-corrected chi connectivity index (χ4v) is 3.00. The average Bonchev–Trinajstić information content (AvgIpc) is 3.12. The van der Waals surface area contributed by atoms with Gasteiger partial charge in [-0.2, -0.15) is 0 Å². The van der Waals surface area contributed by atoms with Crippen molar-refractivity contribution in [1.82, 2.24) is 15.2 Å². The lowest BCUT2D eigenvalue weighted by Crippen LogP contribution is -2.42. The highest BCUT2D eigenvalue weighted by Crippen LogP contribution is 2.40. The number of hydrogen-bond donors (Lipinski definition) is 3. The molecule has 8 heteroatoms. The lowest BCUT2D eigenvalue weighted by Gasteiger charge is -2.30. The summed E-state index contributed by atoms with van der Waals surface area (Å²) in [7, 11) is 1.56. The number of ether oxygens (including phenoxy) is 1. The summed E-state index contributed by atoms with van der Waals surface area (Å²) in [5.74, 6) is 1.11. The van der Waals surface area contributed by atoms with Crippen LogP contribution in [0, 0.1) is 0 Å². The molecule has 1 aromatic heterocycles. The molecule has 130 valence electrons. The molecule has 1 saturated heterocycles. The zero-order valence-electron chi connectivity index (χ0n) is 13.8. The van der Waals surface area contributed by atoms with E-state index in [1.807, 2.05) is 4.90 Å². The normalized spacial score (nSPS) is 15.4. The number of anilines is 3. The number of nitrogens with two attached hydrogens (primary N) is 1. The molecule has 0 radical (unpaired) electrons. The molecule has 1 aromatic carbocycles. The van der Waals surface area contributed by atoms with Crippen LogP contribution in [-0.2, 0) is 0 Å². The van der Waals surface area contributed by atoms with E-state index in [0.717, 1.165) is 31.0 Å². The number of aromatic amines is 1. The molecular formula is C17H19N5O3. The number of nitrogens with zero attached hydrogens (tertiary/aromatic N) is 2. The number of nitrogens with one attached hydrogen (secondary N) is 2. The zero-order valence-corrected chi connectivity index (χ0v) is 13.8. The van der Waals surface area contributed by atoms with Gasteiger partial charge in [-0.05, 0) is 24.6 Å². The molecule has 1 fully saturated rings. The maximum Gasteiger partial charge on any atom is 0.270 e. The number of fused-ring (bicyclic) bond motifs is 1. The highest BCUT2D eigenvalue weighted by molar-refractivity contribution is 6.00. The number of H-pyrrole nitrogens is 1. The predicted molar refractivity (Wildman–Crippen MR) is 93.2 cm³/mol. The van der Waals surface area contributed by atoms with E-state index in [1.165, 1.54) is 0 Å². The van der Waals surface area contributed by atoms with Gasteiger partial charge in [0.15, 0.2) is 18.3 Å². The number of aromatic nitrogens is 1. The van der Waals surface area contributed by atoms with Gasteiger partial charge in [0.1, 0.15) is 5.69 Å². The van der Waals surface area contributed by atoms with Gasteiger partial charge in [-0.1, -0.05) is 0 Å². The van der Waals surface area contributed by atoms with E-state index in [9.17, 15) is 9.59 Å². The van der Waals surface area contributed by atoms with Crippen molar-refractivity contribution in [2.24, 2.45) is 0 Å². The van der Waals surface area contributed by atoms with Crippen molar-refractivity contribution in [1.29, 1.82) is 0 Å². The van der Waals surface area contributed by atoms with E-state index in [0.29, 0.717) is 29.4 Å². The van der Waals surface area contributed by atoms with E-state index in [1.54, 1.807) is 36.2 Å².